The predicted molar refractivity (Wildman–Crippen MR) is 70.7 cm³/mol. The van der Waals surface area contributed by atoms with Crippen molar-refractivity contribution >= 4 is 0 Å². The average molecular weight is 268 g/mol. The van der Waals surface area contributed by atoms with Gasteiger partial charge in [-0.2, -0.15) is 4.98 Å². The van der Waals surface area contributed by atoms with Gasteiger partial charge in [0, 0.05) is 19.1 Å². The molecule has 1 saturated carbocycles. The topological polar surface area (TPSA) is 57.4 Å². The van der Waals surface area contributed by atoms with Crippen LogP contribution in [0.4, 0.5) is 0 Å². The van der Waals surface area contributed by atoms with E-state index in [1.807, 2.05) is 13.8 Å². The minimum absolute atomic E-state index is 0.421. The lowest BCUT2D eigenvalue weighted by Crippen LogP contribution is -2.13. The molecule has 0 N–H and O–H groups in total. The van der Waals surface area contributed by atoms with Gasteiger partial charge < -0.3 is 14.0 Å². The van der Waals surface area contributed by atoms with Gasteiger partial charge in [0.05, 0.1) is 0 Å². The maximum absolute atomic E-state index is 5.47. The first-order valence-corrected chi connectivity index (χ1v) is 7.31. The highest BCUT2D eigenvalue weighted by molar-refractivity contribution is 4.98. The lowest BCUT2D eigenvalue weighted by molar-refractivity contribution is -0.155. The van der Waals surface area contributed by atoms with E-state index in [-0.39, 0.29) is 0 Å². The first kappa shape index (κ1) is 14.5. The maximum Gasteiger partial charge on any atom is 0.283 e. The van der Waals surface area contributed by atoms with Crippen LogP contribution in [0.2, 0.25) is 0 Å². The van der Waals surface area contributed by atoms with E-state index in [4.69, 9.17) is 14.0 Å². The first-order chi connectivity index (χ1) is 9.24. The summed E-state index contributed by atoms with van der Waals surface area (Å²) in [4.78, 5) is 4.48. The van der Waals surface area contributed by atoms with Gasteiger partial charge in [-0.3, -0.25) is 0 Å². The Bertz CT molecular complexity index is 355. The highest BCUT2D eigenvalue weighted by Gasteiger charge is 2.27. The molecule has 1 aliphatic rings. The second-order valence-electron chi connectivity index (χ2n) is 5.20. The molecule has 0 radical (unpaired) electrons. The van der Waals surface area contributed by atoms with Crippen LogP contribution in [0.25, 0.3) is 0 Å². The fourth-order valence-corrected chi connectivity index (χ4v) is 2.67. The zero-order valence-corrected chi connectivity index (χ0v) is 12.1. The number of ether oxygens (including phenoxy) is 2. The van der Waals surface area contributed by atoms with Crippen molar-refractivity contribution in [1.29, 1.82) is 0 Å². The Morgan fingerprint density at radius 3 is 2.63 bits per heavy atom. The Hall–Kier alpha value is -0.940. The number of aromatic nitrogens is 2. The van der Waals surface area contributed by atoms with Crippen molar-refractivity contribution in [2.45, 2.75) is 58.7 Å². The van der Waals surface area contributed by atoms with Crippen LogP contribution in [0.5, 0.6) is 0 Å². The second-order valence-corrected chi connectivity index (χ2v) is 5.20. The Labute approximate surface area is 114 Å². The van der Waals surface area contributed by atoms with E-state index < -0.39 is 6.29 Å². The van der Waals surface area contributed by atoms with Gasteiger partial charge >= 0.3 is 0 Å². The molecule has 19 heavy (non-hydrogen) atoms. The molecular weight excluding hydrogens is 244 g/mol. The monoisotopic (exact) mass is 268 g/mol. The summed E-state index contributed by atoms with van der Waals surface area (Å²) in [6, 6.07) is 0. The summed E-state index contributed by atoms with van der Waals surface area (Å²) in [6.07, 6.45) is 4.32. The van der Waals surface area contributed by atoms with Gasteiger partial charge in [-0.25, -0.2) is 0 Å². The second kappa shape index (κ2) is 7.01. The SMILES string of the molecule is CCOC(OCC)c1nc(C2CCCC(C)C2)no1. The van der Waals surface area contributed by atoms with E-state index in [1.165, 1.54) is 12.8 Å². The van der Waals surface area contributed by atoms with Gasteiger partial charge in [0.2, 0.25) is 6.29 Å². The zero-order chi connectivity index (χ0) is 13.7. The predicted octanol–water partition coefficient (Wildman–Crippen LogP) is 3.43. The van der Waals surface area contributed by atoms with Crippen LogP contribution in [-0.4, -0.2) is 23.4 Å². The van der Waals surface area contributed by atoms with Crippen LogP contribution in [-0.2, 0) is 9.47 Å². The summed E-state index contributed by atoms with van der Waals surface area (Å²) < 4.78 is 16.3. The summed E-state index contributed by atoms with van der Waals surface area (Å²) in [6.45, 7) is 7.25. The normalized spacial score (nSPS) is 24.0. The van der Waals surface area contributed by atoms with Gasteiger partial charge in [-0.05, 0) is 32.6 Å². The van der Waals surface area contributed by atoms with E-state index in [2.05, 4.69) is 17.1 Å². The van der Waals surface area contributed by atoms with Gasteiger partial charge in [0.1, 0.15) is 0 Å². The smallest absolute Gasteiger partial charge is 0.283 e. The Morgan fingerprint density at radius 2 is 2.00 bits per heavy atom. The van der Waals surface area contributed by atoms with Crippen molar-refractivity contribution in [3.05, 3.63) is 11.7 Å². The fourth-order valence-electron chi connectivity index (χ4n) is 2.67. The molecule has 0 aliphatic heterocycles. The van der Waals surface area contributed by atoms with Gasteiger partial charge in [-0.1, -0.05) is 24.9 Å². The molecule has 1 fully saturated rings. The number of hydrogen-bond acceptors (Lipinski definition) is 5. The third-order valence-electron chi connectivity index (χ3n) is 3.60. The zero-order valence-electron chi connectivity index (χ0n) is 12.1. The van der Waals surface area contributed by atoms with Crippen LogP contribution in [0.15, 0.2) is 4.52 Å². The minimum Gasteiger partial charge on any atom is -0.345 e. The largest absolute Gasteiger partial charge is 0.345 e. The molecule has 0 amide bonds. The van der Waals surface area contributed by atoms with E-state index in [0.29, 0.717) is 25.0 Å². The van der Waals surface area contributed by atoms with Gasteiger partial charge in [-0.15, -0.1) is 0 Å². The van der Waals surface area contributed by atoms with Crippen molar-refractivity contribution in [2.75, 3.05) is 13.2 Å². The van der Waals surface area contributed by atoms with Crippen LogP contribution in [0, 0.1) is 5.92 Å². The molecule has 0 spiro atoms. The number of hydrogen-bond donors (Lipinski definition) is 0. The molecule has 108 valence electrons. The van der Waals surface area contributed by atoms with Crippen LogP contribution in [0.1, 0.15) is 70.4 Å². The molecule has 1 aromatic heterocycles. The van der Waals surface area contributed by atoms with Crippen molar-refractivity contribution in [1.82, 2.24) is 10.1 Å². The van der Waals surface area contributed by atoms with E-state index in [0.717, 1.165) is 24.6 Å². The first-order valence-electron chi connectivity index (χ1n) is 7.31. The van der Waals surface area contributed by atoms with Crippen molar-refractivity contribution in [3.8, 4) is 0 Å². The van der Waals surface area contributed by atoms with E-state index in [1.54, 1.807) is 0 Å². The quantitative estimate of drug-likeness (QED) is 0.740. The fraction of sp³-hybridized carbons (Fsp3) is 0.857. The van der Waals surface area contributed by atoms with E-state index >= 15 is 0 Å². The highest BCUT2D eigenvalue weighted by Crippen LogP contribution is 2.35. The molecule has 5 heteroatoms. The molecule has 2 unspecified atom stereocenters. The standard InChI is InChI=1S/C14H24N2O3/c1-4-17-14(18-5-2)13-15-12(16-19-13)11-8-6-7-10(3)9-11/h10-11,14H,4-9H2,1-3H3. The highest BCUT2D eigenvalue weighted by atomic mass is 16.7. The summed E-state index contributed by atoms with van der Waals surface area (Å²) in [7, 11) is 0. The summed E-state index contributed by atoms with van der Waals surface area (Å²) in [5, 5.41) is 4.11. The third-order valence-corrected chi connectivity index (χ3v) is 3.60. The molecule has 5 nitrogen and oxygen atoms in total. The summed E-state index contributed by atoms with van der Waals surface area (Å²) in [5.41, 5.74) is 0. The lowest BCUT2D eigenvalue weighted by Gasteiger charge is -2.23. The number of nitrogens with zero attached hydrogens (tertiary/aromatic N) is 2. The van der Waals surface area contributed by atoms with Crippen LogP contribution < -0.4 is 0 Å². The average Bonchev–Trinajstić information content (AvgIpc) is 2.88. The molecule has 1 aromatic rings. The number of rotatable bonds is 6. The Morgan fingerprint density at radius 1 is 1.26 bits per heavy atom. The van der Waals surface area contributed by atoms with Crippen molar-refractivity contribution in [3.63, 3.8) is 0 Å². The third kappa shape index (κ3) is 3.76. The molecule has 2 rings (SSSR count). The Kier molecular flexibility index (Phi) is 5.34. The van der Waals surface area contributed by atoms with Gasteiger partial charge in [0.25, 0.3) is 5.89 Å². The lowest BCUT2D eigenvalue weighted by atomic mass is 9.82. The van der Waals surface area contributed by atoms with E-state index in [9.17, 15) is 0 Å². The van der Waals surface area contributed by atoms with Crippen LogP contribution in [0.3, 0.4) is 0 Å². The van der Waals surface area contributed by atoms with Crippen LogP contribution >= 0.6 is 0 Å². The molecule has 1 heterocycles. The summed E-state index contributed by atoms with van der Waals surface area (Å²) in [5.74, 6) is 2.42. The Balaban J connectivity index is 2.04. The molecule has 0 aromatic carbocycles. The maximum atomic E-state index is 5.47. The van der Waals surface area contributed by atoms with Crippen molar-refractivity contribution in [2.24, 2.45) is 5.92 Å². The molecule has 0 saturated heterocycles. The molecule has 1 aliphatic carbocycles. The van der Waals surface area contributed by atoms with Crippen molar-refractivity contribution < 1.29 is 14.0 Å². The molecule has 0 bridgehead atoms. The minimum atomic E-state index is -0.530. The summed E-state index contributed by atoms with van der Waals surface area (Å²) >= 11 is 0. The molecule has 2 atom stereocenters. The van der Waals surface area contributed by atoms with Gasteiger partial charge in [0.15, 0.2) is 5.82 Å². The molecular formula is C14H24N2O3.